The molecule has 0 spiro atoms. The molecule has 0 aliphatic carbocycles. The van der Waals surface area contributed by atoms with Crippen molar-refractivity contribution >= 4 is 11.9 Å². The van der Waals surface area contributed by atoms with E-state index in [2.05, 4.69) is 13.8 Å². The average molecular weight is 518 g/mol. The number of amides is 1. The van der Waals surface area contributed by atoms with Crippen LogP contribution in [0.3, 0.4) is 0 Å². The molecule has 0 radical (unpaired) electrons. The maximum atomic E-state index is 13.0. The molecular formula is C32H39NO5. The van der Waals surface area contributed by atoms with E-state index in [0.29, 0.717) is 42.1 Å². The second kappa shape index (κ2) is 14.8. The second-order valence-electron chi connectivity index (χ2n) is 9.24. The van der Waals surface area contributed by atoms with Crippen molar-refractivity contribution in [1.29, 1.82) is 0 Å². The molecule has 0 fully saturated rings. The molecular weight excluding hydrogens is 478 g/mol. The minimum Gasteiger partial charge on any atom is -0.455 e. The zero-order valence-corrected chi connectivity index (χ0v) is 22.9. The Hall–Kier alpha value is -3.80. The van der Waals surface area contributed by atoms with E-state index in [4.69, 9.17) is 14.2 Å². The highest BCUT2D eigenvalue weighted by molar-refractivity contribution is 5.91. The summed E-state index contributed by atoms with van der Waals surface area (Å²) in [7, 11) is 0. The number of carbonyl (C=O) groups is 2. The van der Waals surface area contributed by atoms with Crippen LogP contribution in [-0.4, -0.2) is 36.2 Å². The van der Waals surface area contributed by atoms with E-state index in [9.17, 15) is 9.59 Å². The number of hydrogen-bond donors (Lipinski definition) is 0. The van der Waals surface area contributed by atoms with E-state index in [1.165, 1.54) is 0 Å². The number of rotatable bonds is 14. The zero-order valence-electron chi connectivity index (χ0n) is 22.9. The van der Waals surface area contributed by atoms with Crippen molar-refractivity contribution in [3.8, 4) is 17.2 Å². The Morgan fingerprint density at radius 2 is 1.45 bits per heavy atom. The molecule has 202 valence electrons. The van der Waals surface area contributed by atoms with Crippen LogP contribution in [0.1, 0.15) is 67.9 Å². The number of para-hydroxylation sites is 1. The molecule has 3 rings (SSSR count). The first-order valence-electron chi connectivity index (χ1n) is 13.5. The molecule has 0 aliphatic heterocycles. The van der Waals surface area contributed by atoms with Gasteiger partial charge in [0.1, 0.15) is 17.2 Å². The maximum absolute atomic E-state index is 13.0. The molecule has 0 N–H and O–H groups in total. The third-order valence-corrected chi connectivity index (χ3v) is 6.12. The molecule has 3 aromatic carbocycles. The van der Waals surface area contributed by atoms with Crippen molar-refractivity contribution in [2.45, 2.75) is 66.1 Å². The number of hydrogen-bond acceptors (Lipinski definition) is 5. The lowest BCUT2D eigenvalue weighted by atomic mass is 10.1. The standard InChI is InChI=1S/C32H39NO5/c1-5-20-33(21-6-2)29(34)18-19-30(36-27-16-12-9-13-17-27)38-31-24(4)22-28(23-25(31)7-3)37-32(35)26-14-10-8-11-15-26/h8-17,22-23,30H,5-7,18-21H2,1-4H3. The van der Waals surface area contributed by atoms with Crippen molar-refractivity contribution in [1.82, 2.24) is 4.90 Å². The van der Waals surface area contributed by atoms with Crippen molar-refractivity contribution < 1.29 is 23.8 Å². The Morgan fingerprint density at radius 3 is 2.05 bits per heavy atom. The second-order valence-corrected chi connectivity index (χ2v) is 9.24. The van der Waals surface area contributed by atoms with Crippen LogP contribution >= 0.6 is 0 Å². The molecule has 0 aromatic heterocycles. The van der Waals surface area contributed by atoms with E-state index in [-0.39, 0.29) is 5.91 Å². The van der Waals surface area contributed by atoms with Gasteiger partial charge in [0.25, 0.3) is 0 Å². The molecule has 0 aliphatic rings. The van der Waals surface area contributed by atoms with E-state index in [1.807, 2.05) is 61.2 Å². The van der Waals surface area contributed by atoms with Gasteiger partial charge in [-0.2, -0.15) is 0 Å². The van der Waals surface area contributed by atoms with Crippen molar-refractivity contribution in [3.05, 3.63) is 89.5 Å². The molecule has 0 saturated heterocycles. The first kappa shape index (κ1) is 28.8. The van der Waals surface area contributed by atoms with Gasteiger partial charge in [-0.1, -0.05) is 57.2 Å². The van der Waals surface area contributed by atoms with Crippen LogP contribution in [0.2, 0.25) is 0 Å². The number of esters is 1. The number of benzene rings is 3. The number of carbonyl (C=O) groups excluding carboxylic acids is 2. The summed E-state index contributed by atoms with van der Waals surface area (Å²) >= 11 is 0. The zero-order chi connectivity index (χ0) is 27.3. The van der Waals surface area contributed by atoms with E-state index in [0.717, 1.165) is 37.1 Å². The average Bonchev–Trinajstić information content (AvgIpc) is 2.93. The highest BCUT2D eigenvalue weighted by Crippen LogP contribution is 2.32. The van der Waals surface area contributed by atoms with Gasteiger partial charge in [0.05, 0.1) is 5.56 Å². The van der Waals surface area contributed by atoms with Crippen LogP contribution in [0.5, 0.6) is 17.2 Å². The summed E-state index contributed by atoms with van der Waals surface area (Å²) < 4.78 is 18.3. The topological polar surface area (TPSA) is 65.1 Å². The Balaban J connectivity index is 1.79. The predicted molar refractivity (Wildman–Crippen MR) is 150 cm³/mol. The Labute approximate surface area is 226 Å². The Kier molecular flexibility index (Phi) is 11.2. The van der Waals surface area contributed by atoms with Gasteiger partial charge >= 0.3 is 5.97 Å². The smallest absolute Gasteiger partial charge is 0.343 e. The van der Waals surface area contributed by atoms with Crippen LogP contribution in [0.4, 0.5) is 0 Å². The number of ether oxygens (including phenoxy) is 3. The predicted octanol–water partition coefficient (Wildman–Crippen LogP) is 6.99. The first-order chi connectivity index (χ1) is 18.4. The minimum atomic E-state index is -0.659. The van der Waals surface area contributed by atoms with Gasteiger partial charge in [-0.05, 0) is 73.7 Å². The lowest BCUT2D eigenvalue weighted by molar-refractivity contribution is -0.132. The van der Waals surface area contributed by atoms with E-state index in [1.54, 1.807) is 30.3 Å². The van der Waals surface area contributed by atoms with Crippen LogP contribution in [0.15, 0.2) is 72.8 Å². The van der Waals surface area contributed by atoms with Gasteiger partial charge in [0.15, 0.2) is 0 Å². The molecule has 0 bridgehead atoms. The molecule has 1 atom stereocenters. The summed E-state index contributed by atoms with van der Waals surface area (Å²) in [5.41, 5.74) is 2.21. The van der Waals surface area contributed by atoms with E-state index < -0.39 is 12.3 Å². The fraction of sp³-hybridized carbons (Fsp3) is 0.375. The van der Waals surface area contributed by atoms with Crippen molar-refractivity contribution in [2.24, 2.45) is 0 Å². The van der Waals surface area contributed by atoms with Crippen LogP contribution in [0.25, 0.3) is 0 Å². The fourth-order valence-corrected chi connectivity index (χ4v) is 4.27. The summed E-state index contributed by atoms with van der Waals surface area (Å²) in [5.74, 6) is 1.52. The van der Waals surface area contributed by atoms with Gasteiger partial charge in [0, 0.05) is 25.9 Å². The number of nitrogens with zero attached hydrogens (tertiary/aromatic N) is 1. The van der Waals surface area contributed by atoms with Crippen molar-refractivity contribution in [2.75, 3.05) is 13.1 Å². The maximum Gasteiger partial charge on any atom is 0.343 e. The van der Waals surface area contributed by atoms with Crippen LogP contribution in [-0.2, 0) is 11.2 Å². The third-order valence-electron chi connectivity index (χ3n) is 6.12. The summed E-state index contributed by atoms with van der Waals surface area (Å²) in [6, 6.07) is 22.0. The molecule has 3 aromatic rings. The summed E-state index contributed by atoms with van der Waals surface area (Å²) in [6.07, 6.45) is 2.59. The Bertz CT molecular complexity index is 1160. The minimum absolute atomic E-state index is 0.106. The van der Waals surface area contributed by atoms with Gasteiger partial charge in [-0.3, -0.25) is 4.79 Å². The monoisotopic (exact) mass is 517 g/mol. The highest BCUT2D eigenvalue weighted by atomic mass is 16.7. The van der Waals surface area contributed by atoms with Crippen molar-refractivity contribution in [3.63, 3.8) is 0 Å². The van der Waals surface area contributed by atoms with Crippen LogP contribution < -0.4 is 14.2 Å². The van der Waals surface area contributed by atoms with Crippen LogP contribution in [0, 0.1) is 6.92 Å². The van der Waals surface area contributed by atoms with Gasteiger partial charge < -0.3 is 19.1 Å². The fourth-order valence-electron chi connectivity index (χ4n) is 4.27. The van der Waals surface area contributed by atoms with E-state index >= 15 is 0 Å². The SMILES string of the molecule is CCCN(CCC)C(=O)CCC(Oc1ccccc1)Oc1c(C)cc(OC(=O)c2ccccc2)cc1CC. The summed E-state index contributed by atoms with van der Waals surface area (Å²) in [6.45, 7) is 9.60. The molecule has 1 amide bonds. The normalized spacial score (nSPS) is 11.5. The number of aryl methyl sites for hydroxylation is 2. The lowest BCUT2D eigenvalue weighted by Crippen LogP contribution is -2.34. The molecule has 1 unspecified atom stereocenters. The van der Waals surface area contributed by atoms with Gasteiger partial charge in [-0.15, -0.1) is 0 Å². The molecule has 0 heterocycles. The molecule has 0 saturated carbocycles. The first-order valence-corrected chi connectivity index (χ1v) is 13.5. The largest absolute Gasteiger partial charge is 0.455 e. The molecule has 6 heteroatoms. The lowest BCUT2D eigenvalue weighted by Gasteiger charge is -2.25. The van der Waals surface area contributed by atoms with Gasteiger partial charge in [-0.25, -0.2) is 4.79 Å². The Morgan fingerprint density at radius 1 is 0.816 bits per heavy atom. The third kappa shape index (κ3) is 8.37. The summed E-state index contributed by atoms with van der Waals surface area (Å²) in [5, 5.41) is 0. The van der Waals surface area contributed by atoms with Gasteiger partial charge in [0.2, 0.25) is 12.2 Å². The summed E-state index contributed by atoms with van der Waals surface area (Å²) in [4.78, 5) is 27.4. The molecule has 38 heavy (non-hydrogen) atoms. The molecule has 6 nitrogen and oxygen atoms in total. The highest BCUT2D eigenvalue weighted by Gasteiger charge is 2.21. The quantitative estimate of drug-likeness (QED) is 0.131.